The molecule has 0 unspecified atom stereocenters. The molecule has 3 aromatic heterocycles. The number of amides is 2. The second-order valence-electron chi connectivity index (χ2n) is 7.94. The van der Waals surface area contributed by atoms with Crippen LogP contribution in [0.1, 0.15) is 5.56 Å². The number of urea groups is 1. The molecule has 0 radical (unpaired) electrons. The molecule has 0 aliphatic carbocycles. The van der Waals surface area contributed by atoms with E-state index in [1.807, 2.05) is 65.5 Å². The van der Waals surface area contributed by atoms with Crippen molar-refractivity contribution in [1.29, 1.82) is 0 Å². The number of hydrogen-bond acceptors (Lipinski definition) is 4. The Morgan fingerprint density at radius 1 is 0.969 bits per heavy atom. The van der Waals surface area contributed by atoms with E-state index < -0.39 is 0 Å². The number of piperazine rings is 1. The van der Waals surface area contributed by atoms with Crippen LogP contribution in [0, 0.1) is 0 Å². The zero-order valence-electron chi connectivity index (χ0n) is 17.8. The number of benzene rings is 1. The van der Waals surface area contributed by atoms with Crippen molar-refractivity contribution in [2.75, 3.05) is 31.1 Å². The van der Waals surface area contributed by atoms with Crippen LogP contribution in [0.5, 0.6) is 0 Å². The average Bonchev–Trinajstić information content (AvgIpc) is 3.44. The molecule has 0 spiro atoms. The zero-order chi connectivity index (χ0) is 22.1. The summed E-state index contributed by atoms with van der Waals surface area (Å²) in [7, 11) is 1.91. The minimum Gasteiger partial charge on any atom is -0.365 e. The minimum absolute atomic E-state index is 0.0411. The minimum atomic E-state index is -0.0411. The normalized spacial score (nSPS) is 14.2. The van der Waals surface area contributed by atoms with Gasteiger partial charge in [0.2, 0.25) is 0 Å². The number of hydrogen-bond donors (Lipinski definition) is 1. The summed E-state index contributed by atoms with van der Waals surface area (Å²) in [6, 6.07) is 11.7. The van der Waals surface area contributed by atoms with Crippen LogP contribution in [0.3, 0.4) is 0 Å². The third-order valence-corrected chi connectivity index (χ3v) is 6.05. The van der Waals surface area contributed by atoms with Gasteiger partial charge in [-0.25, -0.2) is 9.31 Å². The van der Waals surface area contributed by atoms with Gasteiger partial charge in [-0.3, -0.25) is 4.68 Å². The molecule has 8 nitrogen and oxygen atoms in total. The van der Waals surface area contributed by atoms with Gasteiger partial charge in [0.05, 0.1) is 23.6 Å². The summed E-state index contributed by atoms with van der Waals surface area (Å²) in [5, 5.41) is 12.5. The SMILES string of the molecule is Cn1cc(-c2ccc3c(N4CCN(C(=O)NCc5ccc(Cl)cc5)CC4)cnn3c2)cn1. The average molecular weight is 450 g/mol. The first-order valence-corrected chi connectivity index (χ1v) is 10.9. The van der Waals surface area contributed by atoms with Gasteiger partial charge in [-0.05, 0) is 23.8 Å². The van der Waals surface area contributed by atoms with Crippen LogP contribution in [-0.2, 0) is 13.6 Å². The van der Waals surface area contributed by atoms with Gasteiger partial charge in [0.25, 0.3) is 0 Å². The molecule has 5 rings (SSSR count). The molecule has 1 aliphatic rings. The number of fused-ring (bicyclic) bond motifs is 1. The third-order valence-electron chi connectivity index (χ3n) is 5.80. The van der Waals surface area contributed by atoms with E-state index in [-0.39, 0.29) is 6.03 Å². The van der Waals surface area contributed by atoms with Gasteiger partial charge in [0, 0.05) is 68.3 Å². The van der Waals surface area contributed by atoms with Crippen molar-refractivity contribution in [2.24, 2.45) is 7.05 Å². The molecule has 1 N–H and O–H groups in total. The fraction of sp³-hybridized carbons (Fsp3) is 0.261. The van der Waals surface area contributed by atoms with Gasteiger partial charge in [-0.2, -0.15) is 10.2 Å². The number of halogens is 1. The molecule has 4 heterocycles. The maximum atomic E-state index is 12.6. The number of anilines is 1. The Morgan fingerprint density at radius 2 is 1.75 bits per heavy atom. The van der Waals surface area contributed by atoms with E-state index in [1.54, 1.807) is 4.68 Å². The van der Waals surface area contributed by atoms with Crippen molar-refractivity contribution in [3.63, 3.8) is 0 Å². The summed E-state index contributed by atoms with van der Waals surface area (Å²) in [5.41, 5.74) is 5.30. The number of aromatic nitrogens is 4. The number of nitrogens with zero attached hydrogens (tertiary/aromatic N) is 6. The molecule has 1 aliphatic heterocycles. The summed E-state index contributed by atoms with van der Waals surface area (Å²) < 4.78 is 3.70. The summed E-state index contributed by atoms with van der Waals surface area (Å²) in [5.74, 6) is 0. The van der Waals surface area contributed by atoms with E-state index in [1.165, 1.54) is 0 Å². The maximum Gasteiger partial charge on any atom is 0.317 e. The van der Waals surface area contributed by atoms with Crippen molar-refractivity contribution in [1.82, 2.24) is 29.6 Å². The lowest BCUT2D eigenvalue weighted by atomic mass is 10.1. The Hall–Kier alpha value is -3.52. The Kier molecular flexibility index (Phi) is 5.45. The molecular formula is C23H24ClN7O. The zero-order valence-corrected chi connectivity index (χ0v) is 18.5. The molecule has 164 valence electrons. The first-order chi connectivity index (χ1) is 15.6. The molecule has 1 fully saturated rings. The summed E-state index contributed by atoms with van der Waals surface area (Å²) in [4.78, 5) is 16.7. The Morgan fingerprint density at radius 3 is 2.47 bits per heavy atom. The highest BCUT2D eigenvalue weighted by Crippen LogP contribution is 2.26. The molecule has 4 aromatic rings. The number of carbonyl (C=O) groups excluding carboxylic acids is 1. The lowest BCUT2D eigenvalue weighted by molar-refractivity contribution is 0.194. The molecule has 9 heteroatoms. The molecular weight excluding hydrogens is 426 g/mol. The predicted molar refractivity (Wildman–Crippen MR) is 125 cm³/mol. The van der Waals surface area contributed by atoms with E-state index in [4.69, 9.17) is 11.6 Å². The molecule has 1 aromatic carbocycles. The van der Waals surface area contributed by atoms with Gasteiger partial charge < -0.3 is 15.1 Å². The second-order valence-corrected chi connectivity index (χ2v) is 8.38. The summed E-state index contributed by atoms with van der Waals surface area (Å²) in [6.07, 6.45) is 7.76. The Labute approximate surface area is 191 Å². The highest BCUT2D eigenvalue weighted by atomic mass is 35.5. The largest absolute Gasteiger partial charge is 0.365 e. The van der Waals surface area contributed by atoms with E-state index in [2.05, 4.69) is 32.5 Å². The van der Waals surface area contributed by atoms with Crippen LogP contribution in [-0.4, -0.2) is 56.5 Å². The van der Waals surface area contributed by atoms with Crippen molar-refractivity contribution in [3.05, 3.63) is 71.8 Å². The third kappa shape index (κ3) is 4.13. The van der Waals surface area contributed by atoms with Crippen molar-refractivity contribution in [3.8, 4) is 11.1 Å². The van der Waals surface area contributed by atoms with Crippen molar-refractivity contribution < 1.29 is 4.79 Å². The topological polar surface area (TPSA) is 70.7 Å². The van der Waals surface area contributed by atoms with Crippen LogP contribution in [0.15, 0.2) is 61.2 Å². The number of pyridine rings is 1. The lowest BCUT2D eigenvalue weighted by Crippen LogP contribution is -2.51. The van der Waals surface area contributed by atoms with Gasteiger partial charge >= 0.3 is 6.03 Å². The van der Waals surface area contributed by atoms with E-state index >= 15 is 0 Å². The van der Waals surface area contributed by atoms with E-state index in [0.717, 1.165) is 41.0 Å². The highest BCUT2D eigenvalue weighted by Gasteiger charge is 2.23. The van der Waals surface area contributed by atoms with Crippen LogP contribution in [0.25, 0.3) is 16.6 Å². The quantitative estimate of drug-likeness (QED) is 0.518. The van der Waals surface area contributed by atoms with Crippen LogP contribution in [0.4, 0.5) is 10.5 Å². The van der Waals surface area contributed by atoms with Gasteiger partial charge in [-0.1, -0.05) is 29.8 Å². The molecule has 0 atom stereocenters. The smallest absolute Gasteiger partial charge is 0.317 e. The van der Waals surface area contributed by atoms with Gasteiger partial charge in [0.15, 0.2) is 0 Å². The highest BCUT2D eigenvalue weighted by molar-refractivity contribution is 6.30. The van der Waals surface area contributed by atoms with E-state index in [0.29, 0.717) is 24.7 Å². The predicted octanol–water partition coefficient (Wildman–Crippen LogP) is 3.42. The van der Waals surface area contributed by atoms with Gasteiger partial charge in [-0.15, -0.1) is 0 Å². The summed E-state index contributed by atoms with van der Waals surface area (Å²) in [6.45, 7) is 3.35. The van der Waals surface area contributed by atoms with Crippen molar-refractivity contribution in [2.45, 2.75) is 6.54 Å². The lowest BCUT2D eigenvalue weighted by Gasteiger charge is -2.35. The first kappa shape index (κ1) is 20.4. The molecule has 2 amide bonds. The monoisotopic (exact) mass is 449 g/mol. The fourth-order valence-corrected chi connectivity index (χ4v) is 4.12. The Balaban J connectivity index is 1.21. The standard InChI is InChI=1S/C23H24ClN7O/c1-28-15-19(13-26-28)18-4-7-21-22(14-27-31(21)16-18)29-8-10-30(11-9-29)23(32)25-12-17-2-5-20(24)6-3-17/h2-7,13-16H,8-12H2,1H3,(H,25,32). The van der Waals surface area contributed by atoms with Crippen molar-refractivity contribution >= 4 is 28.8 Å². The molecule has 0 saturated carbocycles. The Bertz CT molecular complexity index is 1240. The number of aryl methyl sites for hydroxylation is 1. The number of carbonyl (C=O) groups is 1. The van der Waals surface area contributed by atoms with Crippen LogP contribution >= 0.6 is 11.6 Å². The summed E-state index contributed by atoms with van der Waals surface area (Å²) >= 11 is 5.92. The fourth-order valence-electron chi connectivity index (χ4n) is 4.00. The molecule has 1 saturated heterocycles. The molecule has 0 bridgehead atoms. The van der Waals surface area contributed by atoms with Gasteiger partial charge in [0.1, 0.15) is 0 Å². The van der Waals surface area contributed by atoms with E-state index in [9.17, 15) is 4.79 Å². The molecule has 32 heavy (non-hydrogen) atoms. The first-order valence-electron chi connectivity index (χ1n) is 10.6. The number of rotatable bonds is 4. The van der Waals surface area contributed by atoms with Crippen LogP contribution < -0.4 is 10.2 Å². The number of nitrogens with one attached hydrogen (secondary N) is 1. The van der Waals surface area contributed by atoms with Crippen LogP contribution in [0.2, 0.25) is 5.02 Å². The second kappa shape index (κ2) is 8.55. The maximum absolute atomic E-state index is 12.6.